The van der Waals surface area contributed by atoms with E-state index in [1.165, 1.54) is 16.4 Å². The quantitative estimate of drug-likeness (QED) is 0.589. The first-order chi connectivity index (χ1) is 14.3. The van der Waals surface area contributed by atoms with Crippen LogP contribution >= 0.6 is 0 Å². The zero-order chi connectivity index (χ0) is 21.5. The molecule has 4 rings (SSSR count). The third-order valence-corrected chi connectivity index (χ3v) is 7.54. The van der Waals surface area contributed by atoms with E-state index in [0.29, 0.717) is 23.4 Å². The standard InChI is InChI=1S/C22H23FN2O4S/c1-3-29-22(26)5-4-10-25-14(2)18-11-15(6-9-21(18)30(25,27)28)19-13-24-20-12-16(23)7-8-17(19)20/h6-9,11-14,24H,3-5,10H2,1-2H3. The zero-order valence-corrected chi connectivity index (χ0v) is 17.6. The van der Waals surface area contributed by atoms with Crippen molar-refractivity contribution in [3.63, 3.8) is 0 Å². The van der Waals surface area contributed by atoms with Gasteiger partial charge in [-0.2, -0.15) is 4.31 Å². The fourth-order valence-electron chi connectivity index (χ4n) is 4.03. The molecule has 158 valence electrons. The molecule has 3 aromatic rings. The summed E-state index contributed by atoms with van der Waals surface area (Å²) in [5, 5.41) is 0.871. The first-order valence-corrected chi connectivity index (χ1v) is 11.4. The summed E-state index contributed by atoms with van der Waals surface area (Å²) >= 11 is 0. The number of nitrogens with zero attached hydrogens (tertiary/aromatic N) is 1. The van der Waals surface area contributed by atoms with Gasteiger partial charge in [0, 0.05) is 41.7 Å². The van der Waals surface area contributed by atoms with Crippen molar-refractivity contribution in [3.8, 4) is 11.1 Å². The minimum Gasteiger partial charge on any atom is -0.466 e. The fraction of sp³-hybridized carbons (Fsp3) is 0.318. The van der Waals surface area contributed by atoms with Crippen LogP contribution in [0.4, 0.5) is 4.39 Å². The molecule has 8 heteroatoms. The number of benzene rings is 2. The highest BCUT2D eigenvalue weighted by Crippen LogP contribution is 2.42. The van der Waals surface area contributed by atoms with E-state index in [4.69, 9.17) is 4.74 Å². The molecule has 0 fully saturated rings. The molecular formula is C22H23FN2O4S. The number of sulfonamides is 1. The summed E-state index contributed by atoms with van der Waals surface area (Å²) in [6.07, 6.45) is 2.38. The molecular weight excluding hydrogens is 407 g/mol. The molecule has 1 aromatic heterocycles. The van der Waals surface area contributed by atoms with Crippen LogP contribution in [0.2, 0.25) is 0 Å². The Labute approximate surface area is 174 Å². The van der Waals surface area contributed by atoms with Crippen molar-refractivity contribution in [1.82, 2.24) is 9.29 Å². The Hall–Kier alpha value is -2.71. The van der Waals surface area contributed by atoms with Gasteiger partial charge in [0.1, 0.15) is 5.82 Å². The van der Waals surface area contributed by atoms with E-state index in [1.807, 2.05) is 13.0 Å². The van der Waals surface area contributed by atoms with Crippen LogP contribution in [0, 0.1) is 5.82 Å². The first-order valence-electron chi connectivity index (χ1n) is 9.91. The smallest absolute Gasteiger partial charge is 0.305 e. The van der Waals surface area contributed by atoms with Gasteiger partial charge in [0.2, 0.25) is 10.0 Å². The van der Waals surface area contributed by atoms with E-state index in [1.54, 1.807) is 31.3 Å². The molecule has 6 nitrogen and oxygen atoms in total. The predicted octanol–water partition coefficient (Wildman–Crippen LogP) is 4.38. The summed E-state index contributed by atoms with van der Waals surface area (Å²) in [5.41, 5.74) is 3.16. The van der Waals surface area contributed by atoms with Crippen molar-refractivity contribution >= 4 is 26.9 Å². The normalized spacial score (nSPS) is 17.9. The lowest BCUT2D eigenvalue weighted by atomic mass is 9.99. The summed E-state index contributed by atoms with van der Waals surface area (Å²) < 4.78 is 45.8. The molecule has 1 aliphatic rings. The number of aromatic amines is 1. The number of ether oxygens (including phenoxy) is 1. The first kappa shape index (κ1) is 20.6. The Balaban J connectivity index is 1.62. The molecule has 1 unspecified atom stereocenters. The molecule has 1 N–H and O–H groups in total. The highest BCUT2D eigenvalue weighted by atomic mass is 32.2. The maximum Gasteiger partial charge on any atom is 0.305 e. The SMILES string of the molecule is CCOC(=O)CCCN1C(C)c2cc(-c3c[nH]c4cc(F)ccc34)ccc2S1(=O)=O. The average molecular weight is 431 g/mol. The Kier molecular flexibility index (Phi) is 5.38. The van der Waals surface area contributed by atoms with E-state index in [0.717, 1.165) is 22.1 Å². The molecule has 30 heavy (non-hydrogen) atoms. The van der Waals surface area contributed by atoms with Crippen molar-refractivity contribution < 1.29 is 22.3 Å². The maximum absolute atomic E-state index is 13.5. The maximum atomic E-state index is 13.5. The van der Waals surface area contributed by atoms with E-state index >= 15 is 0 Å². The van der Waals surface area contributed by atoms with Gasteiger partial charge < -0.3 is 9.72 Å². The van der Waals surface area contributed by atoms with E-state index in [2.05, 4.69) is 4.98 Å². The van der Waals surface area contributed by atoms with Gasteiger partial charge in [0.15, 0.2) is 0 Å². The second kappa shape index (κ2) is 7.85. The lowest BCUT2D eigenvalue weighted by Crippen LogP contribution is -2.28. The molecule has 2 aromatic carbocycles. The number of nitrogens with one attached hydrogen (secondary N) is 1. The van der Waals surface area contributed by atoms with Gasteiger partial charge in [-0.15, -0.1) is 0 Å². The second-order valence-electron chi connectivity index (χ2n) is 7.35. The van der Waals surface area contributed by atoms with Crippen LogP contribution in [0.15, 0.2) is 47.5 Å². The number of rotatable bonds is 6. The van der Waals surface area contributed by atoms with E-state index < -0.39 is 10.0 Å². The van der Waals surface area contributed by atoms with Crippen LogP contribution in [-0.2, 0) is 19.6 Å². The summed E-state index contributed by atoms with van der Waals surface area (Å²) in [6, 6.07) is 9.51. The molecule has 0 radical (unpaired) electrons. The summed E-state index contributed by atoms with van der Waals surface area (Å²) in [4.78, 5) is 14.9. The molecule has 0 spiro atoms. The van der Waals surface area contributed by atoms with Gasteiger partial charge in [-0.25, -0.2) is 12.8 Å². The molecule has 0 amide bonds. The highest BCUT2D eigenvalue weighted by molar-refractivity contribution is 7.89. The van der Waals surface area contributed by atoms with Crippen LogP contribution < -0.4 is 0 Å². The van der Waals surface area contributed by atoms with Crippen LogP contribution in [0.3, 0.4) is 0 Å². The number of H-pyrrole nitrogens is 1. The second-order valence-corrected chi connectivity index (χ2v) is 9.20. The Morgan fingerprint density at radius 1 is 1.23 bits per heavy atom. The molecule has 2 heterocycles. The van der Waals surface area contributed by atoms with E-state index in [-0.39, 0.29) is 30.8 Å². The third kappa shape index (κ3) is 3.50. The van der Waals surface area contributed by atoms with Gasteiger partial charge in [-0.3, -0.25) is 4.79 Å². The number of fused-ring (bicyclic) bond motifs is 2. The molecule has 0 saturated carbocycles. The van der Waals surface area contributed by atoms with Gasteiger partial charge in [-0.1, -0.05) is 6.07 Å². The molecule has 1 aliphatic heterocycles. The number of carbonyl (C=O) groups excluding carboxylic acids is 1. The minimum absolute atomic E-state index is 0.181. The van der Waals surface area contributed by atoms with Crippen LogP contribution in [0.1, 0.15) is 38.3 Å². The summed E-state index contributed by atoms with van der Waals surface area (Å²) in [6.45, 7) is 4.15. The summed E-state index contributed by atoms with van der Waals surface area (Å²) in [7, 11) is -3.62. The van der Waals surface area contributed by atoms with Gasteiger partial charge >= 0.3 is 5.97 Å². The van der Waals surface area contributed by atoms with Gasteiger partial charge in [0.05, 0.1) is 11.5 Å². The van der Waals surface area contributed by atoms with Crippen molar-refractivity contribution in [2.45, 2.75) is 37.6 Å². The molecule has 0 saturated heterocycles. The minimum atomic E-state index is -3.62. The number of hydrogen-bond donors (Lipinski definition) is 1. The van der Waals surface area contributed by atoms with Crippen molar-refractivity contribution in [1.29, 1.82) is 0 Å². The zero-order valence-electron chi connectivity index (χ0n) is 16.8. The number of aromatic nitrogens is 1. The Morgan fingerprint density at radius 3 is 2.80 bits per heavy atom. The predicted molar refractivity (Wildman–Crippen MR) is 112 cm³/mol. The summed E-state index contributed by atoms with van der Waals surface area (Å²) in [5.74, 6) is -0.639. The van der Waals surface area contributed by atoms with Gasteiger partial charge in [0.25, 0.3) is 0 Å². The van der Waals surface area contributed by atoms with Crippen molar-refractivity contribution in [2.24, 2.45) is 0 Å². The van der Waals surface area contributed by atoms with Crippen molar-refractivity contribution in [3.05, 3.63) is 54.0 Å². The highest BCUT2D eigenvalue weighted by Gasteiger charge is 2.40. The monoisotopic (exact) mass is 430 g/mol. The number of esters is 1. The number of hydrogen-bond acceptors (Lipinski definition) is 4. The third-order valence-electron chi connectivity index (χ3n) is 5.50. The van der Waals surface area contributed by atoms with Crippen LogP contribution in [0.25, 0.3) is 22.0 Å². The topological polar surface area (TPSA) is 79.5 Å². The van der Waals surface area contributed by atoms with Crippen LogP contribution in [-0.4, -0.2) is 36.8 Å². The molecule has 0 bridgehead atoms. The Morgan fingerprint density at radius 2 is 2.03 bits per heavy atom. The number of carbonyl (C=O) groups is 1. The Bertz CT molecular complexity index is 1220. The molecule has 0 aliphatic carbocycles. The van der Waals surface area contributed by atoms with Gasteiger partial charge in [-0.05, 0) is 61.7 Å². The largest absolute Gasteiger partial charge is 0.466 e. The van der Waals surface area contributed by atoms with Crippen molar-refractivity contribution in [2.75, 3.05) is 13.2 Å². The van der Waals surface area contributed by atoms with E-state index in [9.17, 15) is 17.6 Å². The lowest BCUT2D eigenvalue weighted by Gasteiger charge is -2.19. The average Bonchev–Trinajstić information content (AvgIpc) is 3.20. The lowest BCUT2D eigenvalue weighted by molar-refractivity contribution is -0.143. The molecule has 1 atom stereocenters. The van der Waals surface area contributed by atoms with Crippen LogP contribution in [0.5, 0.6) is 0 Å². The number of halogens is 1. The fourth-order valence-corrected chi connectivity index (χ4v) is 5.95.